The molecule has 25 heavy (non-hydrogen) atoms. The molecule has 0 radical (unpaired) electrons. The molecule has 2 saturated heterocycles. The molecule has 0 amide bonds. The molecule has 2 fully saturated rings. The summed E-state index contributed by atoms with van der Waals surface area (Å²) in [6.07, 6.45) is 2.46. The number of para-hydroxylation sites is 2. The highest BCUT2D eigenvalue weighted by Crippen LogP contribution is 2.34. The van der Waals surface area contributed by atoms with Gasteiger partial charge in [-0.3, -0.25) is 9.80 Å². The number of hydrogen-bond donors (Lipinski definition) is 0. The number of aromatic nitrogens is 2. The zero-order chi connectivity index (χ0) is 17.4. The second-order valence-electron chi connectivity index (χ2n) is 8.06. The smallest absolute Gasteiger partial charge is 0.127 e. The zero-order valence-electron chi connectivity index (χ0n) is 15.7. The summed E-state index contributed by atoms with van der Waals surface area (Å²) < 4.78 is 7.83. The van der Waals surface area contributed by atoms with Crippen LogP contribution in [0, 0.1) is 0 Å². The molecule has 1 aromatic carbocycles. The van der Waals surface area contributed by atoms with Crippen molar-refractivity contribution in [2.75, 3.05) is 39.4 Å². The van der Waals surface area contributed by atoms with E-state index in [1.54, 1.807) is 0 Å². The topological polar surface area (TPSA) is 33.5 Å². The maximum atomic E-state index is 5.54. The van der Waals surface area contributed by atoms with Gasteiger partial charge in [0, 0.05) is 32.2 Å². The van der Waals surface area contributed by atoms with Crippen LogP contribution in [-0.2, 0) is 11.8 Å². The Morgan fingerprint density at radius 2 is 1.92 bits per heavy atom. The van der Waals surface area contributed by atoms with Gasteiger partial charge in [0.1, 0.15) is 5.82 Å². The summed E-state index contributed by atoms with van der Waals surface area (Å²) in [5, 5.41) is 0. The van der Waals surface area contributed by atoms with Crippen LogP contribution in [-0.4, -0.2) is 64.3 Å². The average molecular weight is 342 g/mol. The van der Waals surface area contributed by atoms with Crippen molar-refractivity contribution in [3.05, 3.63) is 30.1 Å². The average Bonchev–Trinajstić information content (AvgIpc) is 3.20. The predicted octanol–water partition coefficient (Wildman–Crippen LogP) is 2.82. The third kappa shape index (κ3) is 3.21. The quantitative estimate of drug-likeness (QED) is 0.855. The lowest BCUT2D eigenvalue weighted by Gasteiger charge is -2.43. The fourth-order valence-corrected chi connectivity index (χ4v) is 4.54. The Labute approximate surface area is 150 Å². The summed E-state index contributed by atoms with van der Waals surface area (Å²) in [4.78, 5) is 10.2. The van der Waals surface area contributed by atoms with Crippen LogP contribution >= 0.6 is 0 Å². The number of morpholine rings is 1. The van der Waals surface area contributed by atoms with Gasteiger partial charge < -0.3 is 9.30 Å². The number of likely N-dealkylation sites (tertiary alicyclic amines) is 1. The number of ether oxygens (including phenoxy) is 1. The van der Waals surface area contributed by atoms with Gasteiger partial charge in [0.15, 0.2) is 0 Å². The van der Waals surface area contributed by atoms with Crippen LogP contribution in [0.15, 0.2) is 24.3 Å². The van der Waals surface area contributed by atoms with Gasteiger partial charge in [0.25, 0.3) is 0 Å². The zero-order valence-corrected chi connectivity index (χ0v) is 15.7. The fourth-order valence-electron chi connectivity index (χ4n) is 4.54. The SMILES string of the molecule is Cn1c(C2CCCN2CC(C)(C)N2CCOCC2)nc2ccccc21. The first kappa shape index (κ1) is 17.0. The lowest BCUT2D eigenvalue weighted by Crippen LogP contribution is -2.55. The standard InChI is InChI=1S/C20H30N4O/c1-20(2,24-11-13-25-14-12-24)15-23-10-6-9-18(23)19-21-16-7-4-5-8-17(16)22(19)3/h4-5,7-8,18H,6,9-15H2,1-3H3. The highest BCUT2D eigenvalue weighted by molar-refractivity contribution is 5.75. The van der Waals surface area contributed by atoms with E-state index >= 15 is 0 Å². The molecule has 4 rings (SSSR count). The minimum atomic E-state index is 0.164. The van der Waals surface area contributed by atoms with Crippen LogP contribution in [0.25, 0.3) is 11.0 Å². The number of hydrogen-bond acceptors (Lipinski definition) is 4. The number of imidazole rings is 1. The van der Waals surface area contributed by atoms with E-state index in [1.165, 1.54) is 30.7 Å². The van der Waals surface area contributed by atoms with E-state index < -0.39 is 0 Å². The third-order valence-corrected chi connectivity index (χ3v) is 5.94. The van der Waals surface area contributed by atoms with E-state index in [9.17, 15) is 0 Å². The first-order valence-corrected chi connectivity index (χ1v) is 9.54. The van der Waals surface area contributed by atoms with E-state index in [0.717, 1.165) is 38.4 Å². The van der Waals surface area contributed by atoms with Crippen LogP contribution in [0.3, 0.4) is 0 Å². The fraction of sp³-hybridized carbons (Fsp3) is 0.650. The third-order valence-electron chi connectivity index (χ3n) is 5.94. The molecule has 0 bridgehead atoms. The van der Waals surface area contributed by atoms with Gasteiger partial charge in [-0.15, -0.1) is 0 Å². The summed E-state index contributed by atoms with van der Waals surface area (Å²) in [6.45, 7) is 10.8. The highest BCUT2D eigenvalue weighted by Gasteiger charge is 2.36. The Morgan fingerprint density at radius 1 is 1.16 bits per heavy atom. The second kappa shape index (κ2) is 6.71. The molecule has 1 aromatic heterocycles. The first-order chi connectivity index (χ1) is 12.1. The summed E-state index contributed by atoms with van der Waals surface area (Å²) >= 11 is 0. The van der Waals surface area contributed by atoms with Crippen molar-refractivity contribution in [3.8, 4) is 0 Å². The lowest BCUT2D eigenvalue weighted by molar-refractivity contribution is -0.0234. The van der Waals surface area contributed by atoms with Gasteiger partial charge in [0.2, 0.25) is 0 Å². The van der Waals surface area contributed by atoms with Crippen LogP contribution in [0.1, 0.15) is 38.6 Å². The van der Waals surface area contributed by atoms with Gasteiger partial charge in [0.05, 0.1) is 30.3 Å². The molecule has 0 N–H and O–H groups in total. The Balaban J connectivity index is 1.56. The van der Waals surface area contributed by atoms with Crippen molar-refractivity contribution in [2.24, 2.45) is 7.05 Å². The van der Waals surface area contributed by atoms with Crippen molar-refractivity contribution in [1.29, 1.82) is 0 Å². The molecule has 1 atom stereocenters. The van der Waals surface area contributed by atoms with Crippen LogP contribution < -0.4 is 0 Å². The van der Waals surface area contributed by atoms with Gasteiger partial charge in [-0.2, -0.15) is 0 Å². The van der Waals surface area contributed by atoms with Crippen molar-refractivity contribution in [2.45, 2.75) is 38.3 Å². The lowest BCUT2D eigenvalue weighted by atomic mass is 10.0. The minimum Gasteiger partial charge on any atom is -0.379 e. The van der Waals surface area contributed by atoms with Gasteiger partial charge in [-0.25, -0.2) is 4.98 Å². The van der Waals surface area contributed by atoms with Gasteiger partial charge in [-0.1, -0.05) is 12.1 Å². The molecule has 3 heterocycles. The maximum absolute atomic E-state index is 5.54. The van der Waals surface area contributed by atoms with Gasteiger partial charge in [-0.05, 0) is 45.4 Å². The van der Waals surface area contributed by atoms with Crippen LogP contribution in [0.5, 0.6) is 0 Å². The Kier molecular flexibility index (Phi) is 4.56. The molecule has 2 aliphatic heterocycles. The predicted molar refractivity (Wildman–Crippen MR) is 101 cm³/mol. The van der Waals surface area contributed by atoms with Crippen molar-refractivity contribution in [3.63, 3.8) is 0 Å². The molecule has 0 spiro atoms. The number of nitrogens with zero attached hydrogens (tertiary/aromatic N) is 4. The van der Waals surface area contributed by atoms with Crippen LogP contribution in [0.4, 0.5) is 0 Å². The Morgan fingerprint density at radius 3 is 2.68 bits per heavy atom. The molecule has 136 valence electrons. The summed E-state index contributed by atoms with van der Waals surface area (Å²) in [7, 11) is 2.16. The van der Waals surface area contributed by atoms with E-state index in [4.69, 9.17) is 9.72 Å². The molecule has 1 unspecified atom stereocenters. The van der Waals surface area contributed by atoms with Crippen molar-refractivity contribution < 1.29 is 4.74 Å². The number of aryl methyl sites for hydroxylation is 1. The summed E-state index contributed by atoms with van der Waals surface area (Å²) in [5.74, 6) is 1.22. The molecule has 5 nitrogen and oxygen atoms in total. The number of fused-ring (bicyclic) bond motifs is 1. The Hall–Kier alpha value is -1.43. The summed E-state index contributed by atoms with van der Waals surface area (Å²) in [5.41, 5.74) is 2.51. The van der Waals surface area contributed by atoms with E-state index in [2.05, 4.69) is 59.5 Å². The van der Waals surface area contributed by atoms with E-state index in [0.29, 0.717) is 6.04 Å². The molecular formula is C20H30N4O. The molecule has 2 aliphatic rings. The van der Waals surface area contributed by atoms with Gasteiger partial charge >= 0.3 is 0 Å². The molecule has 2 aromatic rings. The highest BCUT2D eigenvalue weighted by atomic mass is 16.5. The normalized spacial score (nSPS) is 23.6. The largest absolute Gasteiger partial charge is 0.379 e. The second-order valence-corrected chi connectivity index (χ2v) is 8.06. The van der Waals surface area contributed by atoms with E-state index in [1.807, 2.05) is 0 Å². The molecular weight excluding hydrogens is 312 g/mol. The molecule has 0 saturated carbocycles. The summed E-state index contributed by atoms with van der Waals surface area (Å²) in [6, 6.07) is 8.89. The minimum absolute atomic E-state index is 0.164. The molecule has 5 heteroatoms. The molecule has 0 aliphatic carbocycles. The van der Waals surface area contributed by atoms with Crippen molar-refractivity contribution >= 4 is 11.0 Å². The number of rotatable bonds is 4. The maximum Gasteiger partial charge on any atom is 0.127 e. The number of benzene rings is 1. The van der Waals surface area contributed by atoms with Crippen molar-refractivity contribution in [1.82, 2.24) is 19.4 Å². The first-order valence-electron chi connectivity index (χ1n) is 9.54. The monoisotopic (exact) mass is 342 g/mol. The Bertz CT molecular complexity index is 732. The van der Waals surface area contributed by atoms with E-state index in [-0.39, 0.29) is 5.54 Å². The van der Waals surface area contributed by atoms with Crippen LogP contribution in [0.2, 0.25) is 0 Å².